The van der Waals surface area contributed by atoms with Gasteiger partial charge in [-0.1, -0.05) is 45.0 Å². The van der Waals surface area contributed by atoms with Crippen molar-refractivity contribution in [1.29, 1.82) is 0 Å². The molecule has 0 spiro atoms. The maximum atomic E-state index is 11.2. The van der Waals surface area contributed by atoms with Crippen LogP contribution in [0.4, 0.5) is 0 Å². The quantitative estimate of drug-likeness (QED) is 0.790. The fraction of sp³-hybridized carbons (Fsp3) is 0.417. The molecule has 0 saturated carbocycles. The van der Waals surface area contributed by atoms with E-state index >= 15 is 0 Å². The molecule has 0 radical (unpaired) electrons. The van der Waals surface area contributed by atoms with E-state index < -0.39 is 0 Å². The monoisotopic (exact) mass is 227 g/mol. The van der Waals surface area contributed by atoms with Crippen molar-refractivity contribution < 1.29 is 4.79 Å². The Bertz CT molecular complexity index is 324. The first-order valence-corrected chi connectivity index (χ1v) is 4.79. The van der Waals surface area contributed by atoms with Gasteiger partial charge in [-0.3, -0.25) is 4.79 Å². The van der Waals surface area contributed by atoms with Gasteiger partial charge in [0.15, 0.2) is 5.78 Å². The number of halogens is 1. The number of carbonyl (C=O) groups excluding carboxylic acids is 1. The summed E-state index contributed by atoms with van der Waals surface area (Å²) in [5.41, 5.74) is 7.33. The van der Waals surface area contributed by atoms with Crippen LogP contribution >= 0.6 is 12.4 Å². The van der Waals surface area contributed by atoms with Gasteiger partial charge in [0.05, 0.1) is 6.54 Å². The van der Waals surface area contributed by atoms with Crippen LogP contribution in [-0.4, -0.2) is 12.3 Å². The minimum atomic E-state index is -0.00883. The molecule has 3 heteroatoms. The Hall–Kier alpha value is -0.860. The van der Waals surface area contributed by atoms with E-state index in [1.165, 1.54) is 5.56 Å². The van der Waals surface area contributed by atoms with E-state index in [0.29, 0.717) is 5.56 Å². The number of hydrogen-bond acceptors (Lipinski definition) is 2. The van der Waals surface area contributed by atoms with Gasteiger partial charge in [0.1, 0.15) is 0 Å². The lowest BCUT2D eigenvalue weighted by atomic mass is 9.86. The zero-order chi connectivity index (χ0) is 10.8. The molecule has 15 heavy (non-hydrogen) atoms. The maximum absolute atomic E-state index is 11.2. The standard InChI is InChI=1S/C12H17NO.ClH/c1-12(2,3)10-6-4-9(5-7-10)11(14)8-13;/h4-7H,8,13H2,1-3H3;1H. The molecule has 0 unspecified atom stereocenters. The third-order valence-electron chi connectivity index (χ3n) is 2.26. The number of ketones is 1. The molecule has 2 N–H and O–H groups in total. The summed E-state index contributed by atoms with van der Waals surface area (Å²) in [5, 5.41) is 0. The van der Waals surface area contributed by atoms with Gasteiger partial charge in [-0.25, -0.2) is 0 Å². The van der Waals surface area contributed by atoms with Crippen molar-refractivity contribution in [1.82, 2.24) is 0 Å². The van der Waals surface area contributed by atoms with Gasteiger partial charge in [0, 0.05) is 5.56 Å². The molecule has 84 valence electrons. The molecule has 0 aliphatic heterocycles. The second-order valence-electron chi connectivity index (χ2n) is 4.45. The highest BCUT2D eigenvalue weighted by molar-refractivity contribution is 5.97. The molecule has 2 nitrogen and oxygen atoms in total. The second-order valence-corrected chi connectivity index (χ2v) is 4.45. The Kier molecular flexibility index (Phi) is 4.98. The molecule has 0 aromatic heterocycles. The molecule has 1 aromatic carbocycles. The summed E-state index contributed by atoms with van der Waals surface area (Å²) in [4.78, 5) is 11.2. The van der Waals surface area contributed by atoms with Crippen molar-refractivity contribution >= 4 is 18.2 Å². The summed E-state index contributed by atoms with van der Waals surface area (Å²) < 4.78 is 0. The van der Waals surface area contributed by atoms with Gasteiger partial charge >= 0.3 is 0 Å². The topological polar surface area (TPSA) is 43.1 Å². The van der Waals surface area contributed by atoms with Crippen LogP contribution in [0.1, 0.15) is 36.7 Å². The van der Waals surface area contributed by atoms with Crippen molar-refractivity contribution in [3.8, 4) is 0 Å². The van der Waals surface area contributed by atoms with E-state index in [-0.39, 0.29) is 30.2 Å². The lowest BCUT2D eigenvalue weighted by Crippen LogP contribution is -2.15. The predicted molar refractivity (Wildman–Crippen MR) is 65.8 cm³/mol. The van der Waals surface area contributed by atoms with E-state index in [1.807, 2.05) is 24.3 Å². The highest BCUT2D eigenvalue weighted by Gasteiger charge is 2.13. The van der Waals surface area contributed by atoms with Crippen molar-refractivity contribution in [3.63, 3.8) is 0 Å². The molecule has 0 amide bonds. The first-order chi connectivity index (χ1) is 6.45. The van der Waals surface area contributed by atoms with Crippen LogP contribution < -0.4 is 5.73 Å². The third kappa shape index (κ3) is 3.65. The molecule has 0 heterocycles. The maximum Gasteiger partial charge on any atom is 0.176 e. The van der Waals surface area contributed by atoms with Gasteiger partial charge < -0.3 is 5.73 Å². The molecule has 0 aliphatic carbocycles. The lowest BCUT2D eigenvalue weighted by Gasteiger charge is -2.18. The molecular weight excluding hydrogens is 210 g/mol. The van der Waals surface area contributed by atoms with Crippen LogP contribution in [0, 0.1) is 0 Å². The molecule has 1 rings (SSSR count). The van der Waals surface area contributed by atoms with Crippen LogP contribution in [0.2, 0.25) is 0 Å². The van der Waals surface area contributed by atoms with Crippen molar-refractivity contribution in [3.05, 3.63) is 35.4 Å². The van der Waals surface area contributed by atoms with Gasteiger partial charge in [0.25, 0.3) is 0 Å². The van der Waals surface area contributed by atoms with E-state index in [1.54, 1.807) is 0 Å². The second kappa shape index (κ2) is 5.29. The van der Waals surface area contributed by atoms with Crippen LogP contribution in [0.3, 0.4) is 0 Å². The van der Waals surface area contributed by atoms with Crippen molar-refractivity contribution in [2.24, 2.45) is 5.73 Å². The molecule has 1 aromatic rings. The van der Waals surface area contributed by atoms with Crippen molar-refractivity contribution in [2.45, 2.75) is 26.2 Å². The minimum Gasteiger partial charge on any atom is -0.324 e. The number of nitrogens with two attached hydrogens (primary N) is 1. The third-order valence-corrected chi connectivity index (χ3v) is 2.26. The van der Waals surface area contributed by atoms with Crippen LogP contribution in [0.5, 0.6) is 0 Å². The van der Waals surface area contributed by atoms with Gasteiger partial charge in [0.2, 0.25) is 0 Å². The molecule has 0 atom stereocenters. The number of rotatable bonds is 2. The largest absolute Gasteiger partial charge is 0.324 e. The van der Waals surface area contributed by atoms with Crippen LogP contribution in [0.15, 0.2) is 24.3 Å². The Morgan fingerprint density at radius 2 is 1.67 bits per heavy atom. The average molecular weight is 228 g/mol. The number of benzene rings is 1. The average Bonchev–Trinajstić information content (AvgIpc) is 2.15. The van der Waals surface area contributed by atoms with E-state index in [2.05, 4.69) is 20.8 Å². The fourth-order valence-corrected chi connectivity index (χ4v) is 1.27. The van der Waals surface area contributed by atoms with Gasteiger partial charge in [-0.05, 0) is 11.0 Å². The van der Waals surface area contributed by atoms with Crippen molar-refractivity contribution in [2.75, 3.05) is 6.54 Å². The number of hydrogen-bond donors (Lipinski definition) is 1. The van der Waals surface area contributed by atoms with Gasteiger partial charge in [-0.15, -0.1) is 12.4 Å². The minimum absolute atomic E-state index is 0. The molecule has 0 saturated heterocycles. The zero-order valence-corrected chi connectivity index (χ0v) is 10.2. The summed E-state index contributed by atoms with van der Waals surface area (Å²) in [6, 6.07) is 7.66. The normalized spacial score (nSPS) is 10.7. The van der Waals surface area contributed by atoms with E-state index in [0.717, 1.165) is 0 Å². The summed E-state index contributed by atoms with van der Waals surface area (Å²) in [6.07, 6.45) is 0. The Morgan fingerprint density at radius 1 is 1.20 bits per heavy atom. The van der Waals surface area contributed by atoms with Gasteiger partial charge in [-0.2, -0.15) is 0 Å². The number of carbonyl (C=O) groups is 1. The van der Waals surface area contributed by atoms with Crippen LogP contribution in [0.25, 0.3) is 0 Å². The predicted octanol–water partition coefficient (Wildman–Crippen LogP) is 2.55. The van der Waals surface area contributed by atoms with Crippen LogP contribution in [-0.2, 0) is 5.41 Å². The first-order valence-electron chi connectivity index (χ1n) is 4.79. The molecule has 0 aliphatic rings. The Morgan fingerprint density at radius 3 is 2.00 bits per heavy atom. The fourth-order valence-electron chi connectivity index (χ4n) is 1.27. The summed E-state index contributed by atoms with van der Waals surface area (Å²) in [6.45, 7) is 6.52. The summed E-state index contributed by atoms with van der Waals surface area (Å²) >= 11 is 0. The first kappa shape index (κ1) is 14.1. The Balaban J connectivity index is 0.00000196. The summed E-state index contributed by atoms with van der Waals surface area (Å²) in [7, 11) is 0. The molecule has 0 bridgehead atoms. The Labute approximate surface area is 97.3 Å². The molecule has 0 fully saturated rings. The zero-order valence-electron chi connectivity index (χ0n) is 9.41. The highest BCUT2D eigenvalue weighted by Crippen LogP contribution is 2.22. The smallest absolute Gasteiger partial charge is 0.176 e. The summed E-state index contributed by atoms with van der Waals surface area (Å²) in [5.74, 6) is -0.00883. The highest BCUT2D eigenvalue weighted by atomic mass is 35.5. The lowest BCUT2D eigenvalue weighted by molar-refractivity contribution is 0.100. The molecular formula is C12H18ClNO. The SMILES string of the molecule is CC(C)(C)c1ccc(C(=O)CN)cc1.Cl. The number of Topliss-reactive ketones (excluding diaryl/α,β-unsaturated/α-hetero) is 1. The van der Waals surface area contributed by atoms with E-state index in [4.69, 9.17) is 5.73 Å². The van der Waals surface area contributed by atoms with E-state index in [9.17, 15) is 4.79 Å².